The Labute approximate surface area is 260 Å². The SMILES string of the molecule is CCOc1ccc(N(CC(=O)N(Cc2cccc(C)c2)C(CC)C(=O)NC(C)CC)S(=O)(=O)c2ccc(SC)cc2)cc1. The molecule has 0 heterocycles. The number of sulfonamides is 1. The molecule has 0 aliphatic carbocycles. The van der Waals surface area contributed by atoms with Crippen LogP contribution in [0.1, 0.15) is 51.7 Å². The number of carbonyl (C=O) groups excluding carboxylic acids is 2. The average Bonchev–Trinajstić information content (AvgIpc) is 3.00. The van der Waals surface area contributed by atoms with E-state index in [9.17, 15) is 18.0 Å². The van der Waals surface area contributed by atoms with E-state index in [1.54, 1.807) is 48.5 Å². The van der Waals surface area contributed by atoms with Gasteiger partial charge in [-0.2, -0.15) is 0 Å². The molecule has 0 bridgehead atoms. The topological polar surface area (TPSA) is 96.0 Å². The molecule has 0 saturated carbocycles. The van der Waals surface area contributed by atoms with Gasteiger partial charge in [0.2, 0.25) is 11.8 Å². The lowest BCUT2D eigenvalue weighted by molar-refractivity contribution is -0.140. The van der Waals surface area contributed by atoms with Crippen molar-refractivity contribution >= 4 is 39.3 Å². The van der Waals surface area contributed by atoms with Crippen molar-refractivity contribution in [2.45, 2.75) is 75.9 Å². The number of amides is 2. The van der Waals surface area contributed by atoms with Gasteiger partial charge in [0.1, 0.15) is 18.3 Å². The van der Waals surface area contributed by atoms with Gasteiger partial charge in [-0.25, -0.2) is 8.42 Å². The van der Waals surface area contributed by atoms with Crippen LogP contribution in [-0.4, -0.2) is 56.6 Å². The van der Waals surface area contributed by atoms with Crippen molar-refractivity contribution < 1.29 is 22.7 Å². The Hall–Kier alpha value is -3.50. The number of carbonyl (C=O) groups is 2. The molecule has 3 aromatic rings. The number of aryl methyl sites for hydroxylation is 1. The van der Waals surface area contributed by atoms with Crippen LogP contribution in [0.2, 0.25) is 0 Å². The van der Waals surface area contributed by atoms with Crippen molar-refractivity contribution in [3.8, 4) is 5.75 Å². The highest BCUT2D eigenvalue weighted by atomic mass is 32.2. The Bertz CT molecular complexity index is 1460. The molecular formula is C33H43N3O5S2. The Morgan fingerprint density at radius 1 is 0.953 bits per heavy atom. The summed E-state index contributed by atoms with van der Waals surface area (Å²) in [5, 5.41) is 3.00. The van der Waals surface area contributed by atoms with E-state index in [4.69, 9.17) is 4.74 Å². The Morgan fingerprint density at radius 2 is 1.63 bits per heavy atom. The fourth-order valence-corrected chi connectivity index (χ4v) is 6.47. The van der Waals surface area contributed by atoms with E-state index in [-0.39, 0.29) is 23.4 Å². The molecule has 0 spiro atoms. The van der Waals surface area contributed by atoms with Crippen molar-refractivity contribution in [1.82, 2.24) is 10.2 Å². The van der Waals surface area contributed by atoms with Gasteiger partial charge in [-0.1, -0.05) is 43.7 Å². The molecule has 2 atom stereocenters. The number of anilines is 1. The van der Waals surface area contributed by atoms with E-state index in [2.05, 4.69) is 5.32 Å². The number of thioether (sulfide) groups is 1. The molecule has 43 heavy (non-hydrogen) atoms. The first-order chi connectivity index (χ1) is 20.5. The molecule has 0 aromatic heterocycles. The molecule has 0 radical (unpaired) electrons. The van der Waals surface area contributed by atoms with E-state index in [0.717, 1.165) is 26.7 Å². The number of nitrogens with one attached hydrogen (secondary N) is 1. The maximum Gasteiger partial charge on any atom is 0.264 e. The van der Waals surface area contributed by atoms with Gasteiger partial charge in [-0.05, 0) is 94.0 Å². The van der Waals surface area contributed by atoms with Gasteiger partial charge in [-0.15, -0.1) is 11.8 Å². The lowest BCUT2D eigenvalue weighted by Gasteiger charge is -2.33. The zero-order valence-corrected chi connectivity index (χ0v) is 27.5. The maximum absolute atomic E-state index is 14.2. The summed E-state index contributed by atoms with van der Waals surface area (Å²) in [6.45, 7) is 9.72. The van der Waals surface area contributed by atoms with E-state index in [1.165, 1.54) is 16.7 Å². The molecule has 8 nitrogen and oxygen atoms in total. The van der Waals surface area contributed by atoms with Crippen LogP contribution in [0.25, 0.3) is 0 Å². The van der Waals surface area contributed by atoms with Crippen LogP contribution in [0.4, 0.5) is 5.69 Å². The van der Waals surface area contributed by atoms with Crippen molar-refractivity contribution in [3.05, 3.63) is 83.9 Å². The van der Waals surface area contributed by atoms with Crippen molar-refractivity contribution in [1.29, 1.82) is 0 Å². The first kappa shape index (κ1) is 34.0. The van der Waals surface area contributed by atoms with Crippen molar-refractivity contribution in [3.63, 3.8) is 0 Å². The molecule has 2 amide bonds. The number of hydrogen-bond acceptors (Lipinski definition) is 6. The molecule has 0 aliphatic heterocycles. The summed E-state index contributed by atoms with van der Waals surface area (Å²) in [4.78, 5) is 30.2. The minimum atomic E-state index is -4.15. The van der Waals surface area contributed by atoms with Crippen LogP contribution in [0.15, 0.2) is 82.6 Å². The smallest absolute Gasteiger partial charge is 0.264 e. The predicted octanol–water partition coefficient (Wildman–Crippen LogP) is 6.03. The van der Waals surface area contributed by atoms with Gasteiger partial charge in [0.05, 0.1) is 17.2 Å². The highest BCUT2D eigenvalue weighted by molar-refractivity contribution is 7.98. The highest BCUT2D eigenvalue weighted by Crippen LogP contribution is 2.28. The van der Waals surface area contributed by atoms with Gasteiger partial charge in [0.15, 0.2) is 0 Å². The van der Waals surface area contributed by atoms with Crippen molar-refractivity contribution in [2.75, 3.05) is 23.7 Å². The summed E-state index contributed by atoms with van der Waals surface area (Å²) >= 11 is 1.51. The fourth-order valence-electron chi connectivity index (χ4n) is 4.65. The molecule has 0 aliphatic rings. The summed E-state index contributed by atoms with van der Waals surface area (Å²) in [6, 6.07) is 20.1. The number of ether oxygens (including phenoxy) is 1. The average molecular weight is 626 g/mol. The highest BCUT2D eigenvalue weighted by Gasteiger charge is 2.34. The van der Waals surface area contributed by atoms with Gasteiger partial charge >= 0.3 is 0 Å². The molecule has 0 saturated heterocycles. The minimum absolute atomic E-state index is 0.0672. The number of benzene rings is 3. The molecule has 3 rings (SSSR count). The first-order valence-corrected chi connectivity index (χ1v) is 17.2. The molecule has 2 unspecified atom stereocenters. The van der Waals surface area contributed by atoms with Crippen LogP contribution >= 0.6 is 11.8 Å². The number of rotatable bonds is 15. The second-order valence-corrected chi connectivity index (χ2v) is 13.1. The van der Waals surface area contributed by atoms with Crippen LogP contribution in [0, 0.1) is 6.92 Å². The first-order valence-electron chi connectivity index (χ1n) is 14.6. The Kier molecular flexibility index (Phi) is 12.5. The van der Waals surface area contributed by atoms with Crippen LogP contribution in [-0.2, 0) is 26.2 Å². The van der Waals surface area contributed by atoms with E-state index in [1.807, 2.05) is 65.1 Å². The van der Waals surface area contributed by atoms with E-state index >= 15 is 0 Å². The maximum atomic E-state index is 14.2. The second kappa shape index (κ2) is 15.8. The summed E-state index contributed by atoms with van der Waals surface area (Å²) in [7, 11) is -4.15. The third-order valence-corrected chi connectivity index (χ3v) is 9.72. The molecule has 3 aromatic carbocycles. The summed E-state index contributed by atoms with van der Waals surface area (Å²) < 4.78 is 34.9. The van der Waals surface area contributed by atoms with Crippen LogP contribution in [0.3, 0.4) is 0 Å². The standard InChI is InChI=1S/C33H43N3O5S2/c1-7-25(5)34-33(38)31(8-2)35(22-26-12-10-11-24(4)21-26)32(37)23-36(27-13-15-28(16-14-27)41-9-3)43(39,40)30-19-17-29(42-6)18-20-30/h10-21,25,31H,7-9,22-23H2,1-6H3,(H,34,38). The summed E-state index contributed by atoms with van der Waals surface area (Å²) in [5.41, 5.74) is 2.19. The van der Waals surface area contributed by atoms with Gasteiger partial charge in [0, 0.05) is 17.5 Å². The normalized spacial score (nSPS) is 12.7. The lowest BCUT2D eigenvalue weighted by Crippen LogP contribution is -2.53. The monoisotopic (exact) mass is 625 g/mol. The van der Waals surface area contributed by atoms with Gasteiger partial charge in [0.25, 0.3) is 10.0 Å². The summed E-state index contributed by atoms with van der Waals surface area (Å²) in [6.07, 6.45) is 3.03. The largest absolute Gasteiger partial charge is 0.494 e. The lowest BCUT2D eigenvalue weighted by atomic mass is 10.1. The van der Waals surface area contributed by atoms with E-state index < -0.39 is 28.5 Å². The van der Waals surface area contributed by atoms with Crippen LogP contribution < -0.4 is 14.4 Å². The van der Waals surface area contributed by atoms with Crippen molar-refractivity contribution in [2.24, 2.45) is 0 Å². The van der Waals surface area contributed by atoms with Crippen LogP contribution in [0.5, 0.6) is 5.75 Å². The molecule has 1 N–H and O–H groups in total. The van der Waals surface area contributed by atoms with Gasteiger partial charge in [-0.3, -0.25) is 13.9 Å². The third-order valence-electron chi connectivity index (χ3n) is 7.18. The Balaban J connectivity index is 2.07. The van der Waals surface area contributed by atoms with E-state index in [0.29, 0.717) is 24.5 Å². The zero-order valence-electron chi connectivity index (χ0n) is 25.9. The third kappa shape index (κ3) is 9.00. The molecule has 10 heteroatoms. The zero-order chi connectivity index (χ0) is 31.6. The summed E-state index contributed by atoms with van der Waals surface area (Å²) in [5.74, 6) is -0.153. The molecule has 0 fully saturated rings. The second-order valence-electron chi connectivity index (χ2n) is 10.4. The Morgan fingerprint density at radius 3 is 2.19 bits per heavy atom. The number of nitrogens with zero attached hydrogens (tertiary/aromatic N) is 2. The predicted molar refractivity (Wildman–Crippen MR) is 174 cm³/mol. The minimum Gasteiger partial charge on any atom is -0.494 e. The number of hydrogen-bond donors (Lipinski definition) is 1. The molecule has 232 valence electrons. The fraction of sp³-hybridized carbons (Fsp3) is 0.394. The quantitative estimate of drug-likeness (QED) is 0.207. The molecular weight excluding hydrogens is 583 g/mol. The van der Waals surface area contributed by atoms with Gasteiger partial charge < -0.3 is 15.0 Å².